The van der Waals surface area contributed by atoms with Gasteiger partial charge in [-0.3, -0.25) is 4.79 Å². The van der Waals surface area contributed by atoms with Gasteiger partial charge >= 0.3 is 0 Å². The first-order valence-electron chi connectivity index (χ1n) is 4.67. The molecule has 0 saturated heterocycles. The first-order chi connectivity index (χ1) is 5.61. The maximum Gasteiger partial charge on any atom is 0.234 e. The fraction of sp³-hybridized carbons (Fsp3) is 0.889. The van der Waals surface area contributed by atoms with Gasteiger partial charge in [0, 0.05) is 6.04 Å². The van der Waals surface area contributed by atoms with Crippen molar-refractivity contribution in [1.29, 1.82) is 0 Å². The summed E-state index contributed by atoms with van der Waals surface area (Å²) in [7, 11) is 0. The molecule has 3 nitrogen and oxygen atoms in total. The van der Waals surface area contributed by atoms with Crippen LogP contribution in [-0.2, 0) is 4.79 Å². The van der Waals surface area contributed by atoms with Gasteiger partial charge in [0.1, 0.15) is 0 Å². The van der Waals surface area contributed by atoms with Crippen LogP contribution in [0, 0.1) is 0 Å². The molecule has 0 aromatic rings. The summed E-state index contributed by atoms with van der Waals surface area (Å²) in [5.41, 5.74) is 5.19. The lowest BCUT2D eigenvalue weighted by molar-refractivity contribution is -0.120. The first-order valence-corrected chi connectivity index (χ1v) is 4.67. The molecule has 2 unspecified atom stereocenters. The standard InChI is InChI=1S/C9H20N2O/c1-4-6-7(3)11-8(5-2)9(10)12/h7-8,11H,4-6H2,1-3H3,(H2,10,12). The highest BCUT2D eigenvalue weighted by atomic mass is 16.1. The van der Waals surface area contributed by atoms with Crippen molar-refractivity contribution in [2.75, 3.05) is 0 Å². The molecule has 0 spiro atoms. The number of nitrogens with one attached hydrogen (secondary N) is 1. The predicted molar refractivity (Wildman–Crippen MR) is 50.8 cm³/mol. The van der Waals surface area contributed by atoms with E-state index in [9.17, 15) is 4.79 Å². The summed E-state index contributed by atoms with van der Waals surface area (Å²) < 4.78 is 0. The van der Waals surface area contributed by atoms with Gasteiger partial charge in [0.05, 0.1) is 6.04 Å². The molecule has 0 aliphatic carbocycles. The molecule has 0 fully saturated rings. The van der Waals surface area contributed by atoms with Crippen molar-refractivity contribution >= 4 is 5.91 Å². The maximum atomic E-state index is 10.8. The van der Waals surface area contributed by atoms with Crippen molar-refractivity contribution in [2.45, 2.75) is 52.1 Å². The highest BCUT2D eigenvalue weighted by molar-refractivity contribution is 5.79. The van der Waals surface area contributed by atoms with Gasteiger partial charge in [0.15, 0.2) is 0 Å². The van der Waals surface area contributed by atoms with E-state index in [2.05, 4.69) is 19.2 Å². The Labute approximate surface area is 74.7 Å². The van der Waals surface area contributed by atoms with Crippen molar-refractivity contribution in [2.24, 2.45) is 5.73 Å². The van der Waals surface area contributed by atoms with Gasteiger partial charge in [-0.1, -0.05) is 20.3 Å². The van der Waals surface area contributed by atoms with Crippen LogP contribution >= 0.6 is 0 Å². The molecule has 0 rings (SSSR count). The lowest BCUT2D eigenvalue weighted by Crippen LogP contribution is -2.44. The van der Waals surface area contributed by atoms with Gasteiger partial charge in [-0.2, -0.15) is 0 Å². The van der Waals surface area contributed by atoms with Crippen LogP contribution in [0.3, 0.4) is 0 Å². The molecule has 0 saturated carbocycles. The summed E-state index contributed by atoms with van der Waals surface area (Å²) in [6.07, 6.45) is 2.98. The van der Waals surface area contributed by atoms with Gasteiger partial charge in [0.25, 0.3) is 0 Å². The molecule has 0 heterocycles. The molecular formula is C9H20N2O. The fourth-order valence-corrected chi connectivity index (χ4v) is 1.26. The summed E-state index contributed by atoms with van der Waals surface area (Å²) in [6.45, 7) is 6.17. The minimum atomic E-state index is -0.250. The quantitative estimate of drug-likeness (QED) is 0.628. The molecule has 0 radical (unpaired) electrons. The van der Waals surface area contributed by atoms with Crippen LogP contribution in [0.1, 0.15) is 40.0 Å². The third-order valence-electron chi connectivity index (χ3n) is 1.96. The number of carbonyl (C=O) groups is 1. The van der Waals surface area contributed by atoms with E-state index < -0.39 is 0 Å². The number of primary amides is 1. The van der Waals surface area contributed by atoms with Crippen LogP contribution in [-0.4, -0.2) is 18.0 Å². The summed E-state index contributed by atoms with van der Waals surface area (Å²) in [6, 6.07) is 0.221. The van der Waals surface area contributed by atoms with E-state index in [4.69, 9.17) is 5.73 Å². The van der Waals surface area contributed by atoms with E-state index >= 15 is 0 Å². The zero-order valence-corrected chi connectivity index (χ0v) is 8.26. The third kappa shape index (κ3) is 4.34. The summed E-state index contributed by atoms with van der Waals surface area (Å²) in [5.74, 6) is -0.250. The molecule has 0 aliphatic heterocycles. The van der Waals surface area contributed by atoms with Gasteiger partial charge < -0.3 is 11.1 Å². The fourth-order valence-electron chi connectivity index (χ4n) is 1.26. The molecule has 0 bridgehead atoms. The second-order valence-corrected chi connectivity index (χ2v) is 3.22. The summed E-state index contributed by atoms with van der Waals surface area (Å²) in [4.78, 5) is 10.8. The molecule has 72 valence electrons. The molecule has 3 N–H and O–H groups in total. The van der Waals surface area contributed by atoms with Crippen LogP contribution in [0.2, 0.25) is 0 Å². The Hall–Kier alpha value is -0.570. The average Bonchev–Trinajstić information content (AvgIpc) is 2.00. The average molecular weight is 172 g/mol. The maximum absolute atomic E-state index is 10.8. The molecular weight excluding hydrogens is 152 g/mol. The van der Waals surface area contributed by atoms with Gasteiger partial charge in [0.2, 0.25) is 5.91 Å². The summed E-state index contributed by atoms with van der Waals surface area (Å²) >= 11 is 0. The number of hydrogen-bond donors (Lipinski definition) is 2. The van der Waals surface area contributed by atoms with E-state index in [1.165, 1.54) is 0 Å². The second-order valence-electron chi connectivity index (χ2n) is 3.22. The van der Waals surface area contributed by atoms with E-state index in [0.717, 1.165) is 19.3 Å². The molecule has 0 aliphatic rings. The van der Waals surface area contributed by atoms with Crippen molar-refractivity contribution < 1.29 is 4.79 Å². The lowest BCUT2D eigenvalue weighted by Gasteiger charge is -2.18. The Morgan fingerprint density at radius 2 is 2.08 bits per heavy atom. The number of carbonyl (C=O) groups excluding carboxylic acids is 1. The second kappa shape index (κ2) is 6.00. The van der Waals surface area contributed by atoms with Crippen LogP contribution in [0.25, 0.3) is 0 Å². The van der Waals surface area contributed by atoms with Crippen molar-refractivity contribution in [3.8, 4) is 0 Å². The number of amides is 1. The highest BCUT2D eigenvalue weighted by Crippen LogP contribution is 1.98. The third-order valence-corrected chi connectivity index (χ3v) is 1.96. The Morgan fingerprint density at radius 1 is 1.50 bits per heavy atom. The molecule has 3 heteroatoms. The first kappa shape index (κ1) is 11.4. The zero-order chi connectivity index (χ0) is 9.56. The lowest BCUT2D eigenvalue weighted by atomic mass is 10.1. The Kier molecular flexibility index (Phi) is 5.72. The molecule has 0 aromatic heterocycles. The van der Waals surface area contributed by atoms with Crippen LogP contribution < -0.4 is 11.1 Å². The zero-order valence-electron chi connectivity index (χ0n) is 8.26. The minimum absolute atomic E-state index is 0.161. The summed E-state index contributed by atoms with van der Waals surface area (Å²) in [5, 5.41) is 3.19. The molecule has 0 aromatic carbocycles. The van der Waals surface area contributed by atoms with Crippen LogP contribution in [0.4, 0.5) is 0 Å². The van der Waals surface area contributed by atoms with E-state index in [0.29, 0.717) is 6.04 Å². The van der Waals surface area contributed by atoms with E-state index in [-0.39, 0.29) is 11.9 Å². The molecule has 12 heavy (non-hydrogen) atoms. The predicted octanol–water partition coefficient (Wildman–Crippen LogP) is 1.03. The van der Waals surface area contributed by atoms with E-state index in [1.54, 1.807) is 0 Å². The van der Waals surface area contributed by atoms with Gasteiger partial charge in [-0.05, 0) is 19.8 Å². The number of hydrogen-bond acceptors (Lipinski definition) is 2. The Morgan fingerprint density at radius 3 is 2.42 bits per heavy atom. The SMILES string of the molecule is CCCC(C)NC(CC)C(N)=O. The Bertz CT molecular complexity index is 136. The van der Waals surface area contributed by atoms with Gasteiger partial charge in [-0.15, -0.1) is 0 Å². The van der Waals surface area contributed by atoms with Crippen LogP contribution in [0.15, 0.2) is 0 Å². The topological polar surface area (TPSA) is 55.1 Å². The monoisotopic (exact) mass is 172 g/mol. The largest absolute Gasteiger partial charge is 0.368 e. The smallest absolute Gasteiger partial charge is 0.234 e. The number of nitrogens with two attached hydrogens (primary N) is 1. The molecule has 1 amide bonds. The normalized spacial score (nSPS) is 15.6. The van der Waals surface area contributed by atoms with Crippen molar-refractivity contribution in [1.82, 2.24) is 5.32 Å². The number of rotatable bonds is 6. The van der Waals surface area contributed by atoms with Gasteiger partial charge in [-0.25, -0.2) is 0 Å². The molecule has 2 atom stereocenters. The van der Waals surface area contributed by atoms with Crippen molar-refractivity contribution in [3.63, 3.8) is 0 Å². The van der Waals surface area contributed by atoms with Crippen LogP contribution in [0.5, 0.6) is 0 Å². The minimum Gasteiger partial charge on any atom is -0.368 e. The Balaban J connectivity index is 3.77. The van der Waals surface area contributed by atoms with E-state index in [1.807, 2.05) is 6.92 Å². The highest BCUT2D eigenvalue weighted by Gasteiger charge is 2.14. The van der Waals surface area contributed by atoms with Crippen molar-refractivity contribution in [3.05, 3.63) is 0 Å².